The van der Waals surface area contributed by atoms with Crippen LogP contribution in [0, 0.1) is 0 Å². The van der Waals surface area contributed by atoms with Gasteiger partial charge in [-0.05, 0) is 25.0 Å². The smallest absolute Gasteiger partial charge is 0.246 e. The molecule has 4 rings (SSSR count). The molecule has 0 saturated carbocycles. The zero-order valence-electron chi connectivity index (χ0n) is 13.4. The molecule has 2 aliphatic rings. The van der Waals surface area contributed by atoms with Crippen LogP contribution in [-0.4, -0.2) is 61.8 Å². The molecule has 2 aromatic rings. The lowest BCUT2D eigenvalue weighted by atomic mass is 10.2. The number of thioether (sulfide) groups is 1. The van der Waals surface area contributed by atoms with E-state index < -0.39 is 0 Å². The summed E-state index contributed by atoms with van der Waals surface area (Å²) >= 11 is 1.65. The Balaban J connectivity index is 1.47. The van der Waals surface area contributed by atoms with Gasteiger partial charge in [0.2, 0.25) is 11.8 Å². The van der Waals surface area contributed by atoms with Crippen molar-refractivity contribution in [2.45, 2.75) is 25.3 Å². The number of carbonyl (C=O) groups excluding carboxylic acids is 2. The molecule has 2 aromatic heterocycles. The van der Waals surface area contributed by atoms with Crippen LogP contribution in [0.4, 0.5) is 0 Å². The van der Waals surface area contributed by atoms with Crippen molar-refractivity contribution in [2.24, 2.45) is 0 Å². The molecule has 24 heavy (non-hydrogen) atoms. The molecule has 0 bridgehead atoms. The molecule has 0 radical (unpaired) electrons. The minimum atomic E-state index is -0.308. The molecule has 7 heteroatoms. The first-order valence-corrected chi connectivity index (χ1v) is 9.46. The molecule has 2 fully saturated rings. The van der Waals surface area contributed by atoms with Gasteiger partial charge in [-0.2, -0.15) is 0 Å². The number of hydrogen-bond donors (Lipinski definition) is 0. The molecular weight excluding hydrogens is 324 g/mol. The maximum absolute atomic E-state index is 12.7. The zero-order chi connectivity index (χ0) is 16.5. The van der Waals surface area contributed by atoms with Gasteiger partial charge in [0.1, 0.15) is 11.7 Å². The van der Waals surface area contributed by atoms with Gasteiger partial charge in [-0.15, -0.1) is 11.8 Å². The molecule has 2 saturated heterocycles. The first kappa shape index (κ1) is 15.5. The van der Waals surface area contributed by atoms with E-state index in [9.17, 15) is 9.59 Å². The summed E-state index contributed by atoms with van der Waals surface area (Å²) in [6.07, 6.45) is 6.18. The fourth-order valence-corrected chi connectivity index (χ4v) is 4.54. The first-order chi connectivity index (χ1) is 11.7. The highest BCUT2D eigenvalue weighted by atomic mass is 32.2. The monoisotopic (exact) mass is 344 g/mol. The molecule has 0 aromatic carbocycles. The number of amides is 2. The van der Waals surface area contributed by atoms with Crippen LogP contribution in [0.3, 0.4) is 0 Å². The lowest BCUT2D eigenvalue weighted by Gasteiger charge is -2.26. The Morgan fingerprint density at radius 1 is 1.25 bits per heavy atom. The van der Waals surface area contributed by atoms with E-state index in [4.69, 9.17) is 0 Å². The van der Waals surface area contributed by atoms with E-state index in [-0.39, 0.29) is 24.3 Å². The van der Waals surface area contributed by atoms with Crippen LogP contribution in [0.5, 0.6) is 0 Å². The van der Waals surface area contributed by atoms with Gasteiger partial charge in [-0.3, -0.25) is 9.59 Å². The number of hydrogen-bond acceptors (Lipinski definition) is 4. The predicted octanol–water partition coefficient (Wildman–Crippen LogP) is 1.40. The average molecular weight is 344 g/mol. The van der Waals surface area contributed by atoms with Crippen LogP contribution < -0.4 is 0 Å². The second-order valence-corrected chi connectivity index (χ2v) is 7.29. The maximum Gasteiger partial charge on any atom is 0.246 e. The van der Waals surface area contributed by atoms with Crippen molar-refractivity contribution in [3.05, 3.63) is 36.3 Å². The lowest BCUT2D eigenvalue weighted by molar-refractivity contribution is -0.142. The summed E-state index contributed by atoms with van der Waals surface area (Å²) in [6.45, 7) is 1.66. The molecule has 1 atom stereocenters. The zero-order valence-corrected chi connectivity index (χ0v) is 14.2. The molecule has 6 nitrogen and oxygen atoms in total. The highest BCUT2D eigenvalue weighted by Crippen LogP contribution is 2.25. The van der Waals surface area contributed by atoms with E-state index in [2.05, 4.69) is 4.98 Å². The molecule has 2 amide bonds. The van der Waals surface area contributed by atoms with Crippen molar-refractivity contribution in [3.63, 3.8) is 0 Å². The third-order valence-corrected chi connectivity index (χ3v) is 5.66. The minimum absolute atomic E-state index is 0.0130. The highest BCUT2D eigenvalue weighted by molar-refractivity contribution is 7.99. The van der Waals surface area contributed by atoms with Crippen LogP contribution in [0.15, 0.2) is 30.6 Å². The number of nitrogens with zero attached hydrogens (tertiary/aromatic N) is 4. The van der Waals surface area contributed by atoms with E-state index in [0.717, 1.165) is 37.3 Å². The Bertz CT molecular complexity index is 736. The second-order valence-electron chi connectivity index (χ2n) is 6.29. The minimum Gasteiger partial charge on any atom is -0.341 e. The number of imidazole rings is 1. The predicted molar refractivity (Wildman–Crippen MR) is 92.7 cm³/mol. The number of rotatable bonds is 3. The Labute approximate surface area is 144 Å². The summed E-state index contributed by atoms with van der Waals surface area (Å²) in [6, 6.07) is 5.47. The summed E-state index contributed by atoms with van der Waals surface area (Å²) in [5.41, 5.74) is 1.58. The standard InChI is InChI=1S/C17H20N4O2S/c22-16(9-13-10-20-8-2-1-5-15(20)18-13)21-12-24-11-14(21)17(23)19-6-3-4-7-19/h1-2,5,8,10,14H,3-4,6-7,9,11-12H2/t14-/m0/s1. The number of likely N-dealkylation sites (tertiary alicyclic amines) is 1. The van der Waals surface area contributed by atoms with Crippen LogP contribution in [0.1, 0.15) is 18.5 Å². The van der Waals surface area contributed by atoms with E-state index in [0.29, 0.717) is 11.6 Å². The van der Waals surface area contributed by atoms with E-state index in [1.807, 2.05) is 39.9 Å². The first-order valence-electron chi connectivity index (χ1n) is 8.31. The Morgan fingerprint density at radius 3 is 2.88 bits per heavy atom. The van der Waals surface area contributed by atoms with Gasteiger partial charge >= 0.3 is 0 Å². The number of aromatic nitrogens is 2. The number of carbonyl (C=O) groups is 2. The Hall–Kier alpha value is -2.02. The summed E-state index contributed by atoms with van der Waals surface area (Å²) < 4.78 is 1.91. The van der Waals surface area contributed by atoms with E-state index >= 15 is 0 Å². The van der Waals surface area contributed by atoms with Gasteiger partial charge in [-0.25, -0.2) is 4.98 Å². The fraction of sp³-hybridized carbons (Fsp3) is 0.471. The molecule has 0 unspecified atom stereocenters. The molecule has 4 heterocycles. The molecule has 0 aliphatic carbocycles. The van der Waals surface area contributed by atoms with Crippen molar-refractivity contribution < 1.29 is 9.59 Å². The van der Waals surface area contributed by atoms with Gasteiger partial charge in [0.05, 0.1) is 18.0 Å². The molecule has 0 spiro atoms. The maximum atomic E-state index is 12.7. The van der Waals surface area contributed by atoms with Crippen molar-refractivity contribution >= 4 is 29.2 Å². The van der Waals surface area contributed by atoms with Crippen LogP contribution in [0.25, 0.3) is 5.65 Å². The fourth-order valence-electron chi connectivity index (χ4n) is 3.37. The van der Waals surface area contributed by atoms with Crippen molar-refractivity contribution in [3.8, 4) is 0 Å². The van der Waals surface area contributed by atoms with Crippen molar-refractivity contribution in [2.75, 3.05) is 24.7 Å². The van der Waals surface area contributed by atoms with Crippen molar-refractivity contribution in [1.82, 2.24) is 19.2 Å². The van der Waals surface area contributed by atoms with Gasteiger partial charge in [0, 0.05) is 31.2 Å². The van der Waals surface area contributed by atoms with E-state index in [1.165, 1.54) is 0 Å². The summed E-state index contributed by atoms with van der Waals surface area (Å²) in [4.78, 5) is 33.5. The Morgan fingerprint density at radius 2 is 2.08 bits per heavy atom. The normalized spacial score (nSPS) is 20.9. The van der Waals surface area contributed by atoms with Crippen LogP contribution in [0.2, 0.25) is 0 Å². The SMILES string of the molecule is O=C([C@@H]1CSCN1C(=O)Cc1cn2ccccc2n1)N1CCCC1. The molecule has 2 aliphatic heterocycles. The van der Waals surface area contributed by atoms with Gasteiger partial charge < -0.3 is 14.2 Å². The Kier molecular flexibility index (Phi) is 4.18. The number of pyridine rings is 1. The van der Waals surface area contributed by atoms with Crippen LogP contribution >= 0.6 is 11.8 Å². The second kappa shape index (κ2) is 6.47. The summed E-state index contributed by atoms with van der Waals surface area (Å²) in [5.74, 6) is 1.39. The van der Waals surface area contributed by atoms with E-state index in [1.54, 1.807) is 16.7 Å². The average Bonchev–Trinajstić information content (AvgIpc) is 3.32. The van der Waals surface area contributed by atoms with Gasteiger partial charge in [-0.1, -0.05) is 6.07 Å². The molecule has 126 valence electrons. The van der Waals surface area contributed by atoms with Crippen LogP contribution in [-0.2, 0) is 16.0 Å². The third-order valence-electron chi connectivity index (χ3n) is 4.65. The molecule has 0 N–H and O–H groups in total. The molecular formula is C17H20N4O2S. The van der Waals surface area contributed by atoms with Gasteiger partial charge in [0.25, 0.3) is 0 Å². The quantitative estimate of drug-likeness (QED) is 0.845. The highest BCUT2D eigenvalue weighted by Gasteiger charge is 2.37. The van der Waals surface area contributed by atoms with Crippen molar-refractivity contribution in [1.29, 1.82) is 0 Å². The summed E-state index contributed by atoms with van der Waals surface area (Å²) in [7, 11) is 0. The number of fused-ring (bicyclic) bond motifs is 1. The topological polar surface area (TPSA) is 57.9 Å². The lowest BCUT2D eigenvalue weighted by Crippen LogP contribution is -2.48. The largest absolute Gasteiger partial charge is 0.341 e. The third kappa shape index (κ3) is 2.88. The summed E-state index contributed by atoms with van der Waals surface area (Å²) in [5, 5.41) is 0. The van der Waals surface area contributed by atoms with Gasteiger partial charge in [0.15, 0.2) is 0 Å².